The Bertz CT molecular complexity index is 837. The van der Waals surface area contributed by atoms with Crippen molar-refractivity contribution in [3.8, 4) is 11.8 Å². The van der Waals surface area contributed by atoms with E-state index in [-0.39, 0.29) is 24.1 Å². The van der Waals surface area contributed by atoms with E-state index in [0.29, 0.717) is 11.3 Å². The second kappa shape index (κ2) is 9.04. The normalized spacial score (nSPS) is 11.9. The summed E-state index contributed by atoms with van der Waals surface area (Å²) in [4.78, 5) is 23.0. The van der Waals surface area contributed by atoms with Crippen molar-refractivity contribution in [2.24, 2.45) is 5.73 Å². The monoisotopic (exact) mass is 349 g/mol. The zero-order valence-electron chi connectivity index (χ0n) is 14.3. The lowest BCUT2D eigenvalue weighted by Crippen LogP contribution is -2.31. The summed E-state index contributed by atoms with van der Waals surface area (Å²) in [6, 6.07) is 17.9. The molecule has 0 aliphatic heterocycles. The average Bonchev–Trinajstić information content (AvgIpc) is 2.65. The second-order valence-corrected chi connectivity index (χ2v) is 5.59. The molecular formula is C20H19N3O3. The van der Waals surface area contributed by atoms with E-state index in [1.54, 1.807) is 30.3 Å². The number of ether oxygens (including phenoxy) is 1. The minimum atomic E-state index is -0.781. The van der Waals surface area contributed by atoms with Crippen LogP contribution in [0.5, 0.6) is 5.75 Å². The molecular weight excluding hydrogens is 330 g/mol. The van der Waals surface area contributed by atoms with Gasteiger partial charge < -0.3 is 15.8 Å². The molecule has 2 rings (SSSR count). The van der Waals surface area contributed by atoms with Crippen LogP contribution < -0.4 is 15.8 Å². The third kappa shape index (κ3) is 5.49. The quantitative estimate of drug-likeness (QED) is 0.591. The van der Waals surface area contributed by atoms with E-state index >= 15 is 0 Å². The summed E-state index contributed by atoms with van der Waals surface area (Å²) in [7, 11) is 0. The molecule has 1 atom stereocenters. The Morgan fingerprint density at radius 1 is 1.19 bits per heavy atom. The first-order chi connectivity index (χ1) is 12.5. The summed E-state index contributed by atoms with van der Waals surface area (Å²) < 4.78 is 5.45. The molecule has 3 N–H and O–H groups in total. The minimum Gasteiger partial charge on any atom is -0.484 e. The number of rotatable bonds is 7. The Kier molecular flexibility index (Phi) is 6.52. The summed E-state index contributed by atoms with van der Waals surface area (Å²) in [6.07, 6.45) is 1.39. The van der Waals surface area contributed by atoms with Crippen LogP contribution >= 0.6 is 0 Å². The summed E-state index contributed by atoms with van der Waals surface area (Å²) in [5.74, 6) is -0.509. The van der Waals surface area contributed by atoms with Gasteiger partial charge in [0.2, 0.25) is 0 Å². The number of nitrogens with one attached hydrogen (secondary N) is 1. The third-order valence-corrected chi connectivity index (χ3v) is 3.62. The van der Waals surface area contributed by atoms with E-state index < -0.39 is 5.91 Å². The fraction of sp³-hybridized carbons (Fsp3) is 0.150. The SMILES string of the molecule is C[C@H](NC(=O)COc1ccc(/C=C(\C#N)C(N)=O)cc1)c1ccccc1. The van der Waals surface area contributed by atoms with Crippen molar-refractivity contribution in [2.75, 3.05) is 6.61 Å². The van der Waals surface area contributed by atoms with E-state index in [9.17, 15) is 9.59 Å². The van der Waals surface area contributed by atoms with Crippen LogP contribution in [0.4, 0.5) is 0 Å². The summed E-state index contributed by atoms with van der Waals surface area (Å²) >= 11 is 0. The van der Waals surface area contributed by atoms with Crippen molar-refractivity contribution < 1.29 is 14.3 Å². The number of nitrogens with zero attached hydrogens (tertiary/aromatic N) is 1. The summed E-state index contributed by atoms with van der Waals surface area (Å²) in [5, 5.41) is 11.7. The van der Waals surface area contributed by atoms with Crippen LogP contribution in [0.2, 0.25) is 0 Å². The highest BCUT2D eigenvalue weighted by molar-refractivity contribution is 6.00. The molecule has 0 fully saturated rings. The van der Waals surface area contributed by atoms with Crippen LogP contribution in [0.1, 0.15) is 24.1 Å². The first-order valence-electron chi connectivity index (χ1n) is 7.98. The highest BCUT2D eigenvalue weighted by Gasteiger charge is 2.10. The van der Waals surface area contributed by atoms with Gasteiger partial charge in [0.05, 0.1) is 6.04 Å². The van der Waals surface area contributed by atoms with Crippen LogP contribution in [-0.2, 0) is 9.59 Å². The topological polar surface area (TPSA) is 105 Å². The molecule has 26 heavy (non-hydrogen) atoms. The van der Waals surface area contributed by atoms with Gasteiger partial charge in [-0.25, -0.2) is 0 Å². The summed E-state index contributed by atoms with van der Waals surface area (Å²) in [5.41, 5.74) is 6.61. The Hall–Kier alpha value is -3.59. The highest BCUT2D eigenvalue weighted by Crippen LogP contribution is 2.15. The average molecular weight is 349 g/mol. The number of benzene rings is 2. The molecule has 2 aromatic rings. The fourth-order valence-electron chi connectivity index (χ4n) is 2.24. The molecule has 0 aromatic heterocycles. The minimum absolute atomic E-state index is 0.113. The van der Waals surface area contributed by atoms with Gasteiger partial charge in [-0.3, -0.25) is 9.59 Å². The number of hydrogen-bond donors (Lipinski definition) is 2. The van der Waals surface area contributed by atoms with Gasteiger partial charge >= 0.3 is 0 Å². The second-order valence-electron chi connectivity index (χ2n) is 5.59. The molecule has 6 nitrogen and oxygen atoms in total. The first-order valence-corrected chi connectivity index (χ1v) is 7.98. The van der Waals surface area contributed by atoms with Crippen molar-refractivity contribution in [3.05, 3.63) is 71.3 Å². The van der Waals surface area contributed by atoms with Gasteiger partial charge in [0, 0.05) is 0 Å². The number of primary amides is 1. The fourth-order valence-corrected chi connectivity index (χ4v) is 2.24. The van der Waals surface area contributed by atoms with Crippen LogP contribution in [0.25, 0.3) is 6.08 Å². The lowest BCUT2D eigenvalue weighted by atomic mass is 10.1. The van der Waals surface area contributed by atoms with E-state index in [4.69, 9.17) is 15.7 Å². The number of nitrogens with two attached hydrogens (primary N) is 1. The van der Waals surface area contributed by atoms with Crippen LogP contribution in [0.15, 0.2) is 60.2 Å². The molecule has 0 saturated heterocycles. The van der Waals surface area contributed by atoms with Gasteiger partial charge in [0.25, 0.3) is 11.8 Å². The standard InChI is InChI=1S/C20H19N3O3/c1-14(16-5-3-2-4-6-16)23-19(24)13-26-18-9-7-15(8-10-18)11-17(12-21)20(22)25/h2-11,14H,13H2,1H3,(H2,22,25)(H,23,24)/b17-11+/t14-/m0/s1. The first kappa shape index (κ1) is 18.7. The molecule has 6 heteroatoms. The third-order valence-electron chi connectivity index (χ3n) is 3.62. The molecule has 0 bridgehead atoms. The van der Waals surface area contributed by atoms with Gasteiger partial charge in [-0.2, -0.15) is 5.26 Å². The Balaban J connectivity index is 1.89. The van der Waals surface area contributed by atoms with Gasteiger partial charge in [-0.15, -0.1) is 0 Å². The lowest BCUT2D eigenvalue weighted by molar-refractivity contribution is -0.123. The number of nitriles is 1. The molecule has 2 aromatic carbocycles. The Morgan fingerprint density at radius 3 is 2.42 bits per heavy atom. The van der Waals surface area contributed by atoms with Gasteiger partial charge in [0.15, 0.2) is 6.61 Å². The van der Waals surface area contributed by atoms with Crippen molar-refractivity contribution >= 4 is 17.9 Å². The molecule has 132 valence electrons. The maximum atomic E-state index is 12.0. The van der Waals surface area contributed by atoms with E-state index in [0.717, 1.165) is 5.56 Å². The largest absolute Gasteiger partial charge is 0.484 e. The molecule has 0 heterocycles. The van der Waals surface area contributed by atoms with Gasteiger partial charge in [0.1, 0.15) is 17.4 Å². The van der Waals surface area contributed by atoms with E-state index in [1.807, 2.05) is 37.3 Å². The maximum absolute atomic E-state index is 12.0. The van der Waals surface area contributed by atoms with Crippen molar-refractivity contribution in [2.45, 2.75) is 13.0 Å². The molecule has 0 saturated carbocycles. The molecule has 0 aliphatic rings. The molecule has 0 aliphatic carbocycles. The van der Waals surface area contributed by atoms with Crippen LogP contribution in [-0.4, -0.2) is 18.4 Å². The zero-order chi connectivity index (χ0) is 18.9. The zero-order valence-corrected chi connectivity index (χ0v) is 14.3. The van der Waals surface area contributed by atoms with Gasteiger partial charge in [-0.1, -0.05) is 42.5 Å². The smallest absolute Gasteiger partial charge is 0.259 e. The number of carbonyl (C=O) groups excluding carboxylic acids is 2. The predicted octanol–water partition coefficient (Wildman–Crippen LogP) is 2.34. The van der Waals surface area contributed by atoms with E-state index in [1.165, 1.54) is 6.08 Å². The van der Waals surface area contributed by atoms with Crippen LogP contribution in [0.3, 0.4) is 0 Å². The Labute approximate surface area is 151 Å². The number of amides is 2. The molecule has 2 amide bonds. The maximum Gasteiger partial charge on any atom is 0.259 e. The molecule has 0 unspecified atom stereocenters. The van der Waals surface area contributed by atoms with Crippen molar-refractivity contribution in [3.63, 3.8) is 0 Å². The Morgan fingerprint density at radius 2 is 1.85 bits per heavy atom. The molecule has 0 spiro atoms. The predicted molar refractivity (Wildman–Crippen MR) is 97.7 cm³/mol. The van der Waals surface area contributed by atoms with Gasteiger partial charge in [-0.05, 0) is 36.3 Å². The highest BCUT2D eigenvalue weighted by atomic mass is 16.5. The molecule has 0 radical (unpaired) electrons. The van der Waals surface area contributed by atoms with Crippen molar-refractivity contribution in [1.82, 2.24) is 5.32 Å². The van der Waals surface area contributed by atoms with Crippen LogP contribution in [0, 0.1) is 11.3 Å². The van der Waals surface area contributed by atoms with E-state index in [2.05, 4.69) is 5.32 Å². The lowest BCUT2D eigenvalue weighted by Gasteiger charge is -2.14. The number of carbonyl (C=O) groups is 2. The number of hydrogen-bond acceptors (Lipinski definition) is 4. The van der Waals surface area contributed by atoms with Crippen molar-refractivity contribution in [1.29, 1.82) is 5.26 Å². The summed E-state index contributed by atoms with van der Waals surface area (Å²) in [6.45, 7) is 1.79.